The van der Waals surface area contributed by atoms with Crippen LogP contribution in [0.2, 0.25) is 5.02 Å². The van der Waals surface area contributed by atoms with Crippen LogP contribution in [0.1, 0.15) is 28.8 Å². The number of halogens is 2. The van der Waals surface area contributed by atoms with Crippen LogP contribution in [0.25, 0.3) is 0 Å². The van der Waals surface area contributed by atoms with Gasteiger partial charge in [-0.1, -0.05) is 45.7 Å². The number of hydrogen-bond donors (Lipinski definition) is 0. The van der Waals surface area contributed by atoms with Gasteiger partial charge in [0.15, 0.2) is 0 Å². The molecule has 35 heavy (non-hydrogen) atoms. The van der Waals surface area contributed by atoms with E-state index >= 15 is 0 Å². The Hall–Kier alpha value is -1.09. The second-order valence-corrected chi connectivity index (χ2v) is 11.8. The monoisotopic (exact) mass is 581 g/mol. The minimum Gasteiger partial charge on any atom is -0.461 e. The van der Waals surface area contributed by atoms with Crippen molar-refractivity contribution in [3.8, 4) is 0 Å². The number of alkyl halides is 1. The molecule has 1 saturated heterocycles. The van der Waals surface area contributed by atoms with Crippen LogP contribution in [-0.4, -0.2) is 67.5 Å². The maximum Gasteiger partial charge on any atom is 0.338 e. The molecule has 5 nitrogen and oxygen atoms in total. The molecule has 2 aromatic carbocycles. The third-order valence-corrected chi connectivity index (χ3v) is 9.14. The van der Waals surface area contributed by atoms with E-state index in [9.17, 15) is 4.79 Å². The zero-order chi connectivity index (χ0) is 24.5. The topological polar surface area (TPSA) is 48.0 Å². The molecule has 1 saturated carbocycles. The van der Waals surface area contributed by atoms with Crippen LogP contribution in [0.15, 0.2) is 53.4 Å². The van der Waals surface area contributed by atoms with Gasteiger partial charge in [0.1, 0.15) is 6.61 Å². The van der Waals surface area contributed by atoms with E-state index in [0.29, 0.717) is 35.4 Å². The molecule has 1 unspecified atom stereocenters. The molecule has 0 aromatic heterocycles. The van der Waals surface area contributed by atoms with Gasteiger partial charge < -0.3 is 14.2 Å². The van der Waals surface area contributed by atoms with Crippen LogP contribution >= 0.6 is 39.3 Å². The van der Waals surface area contributed by atoms with Crippen molar-refractivity contribution in [1.29, 1.82) is 0 Å². The number of rotatable bonds is 11. The van der Waals surface area contributed by atoms with Gasteiger partial charge in [-0.05, 0) is 60.6 Å². The number of benzene rings is 2. The Bertz CT molecular complexity index is 958. The van der Waals surface area contributed by atoms with Crippen LogP contribution in [0.4, 0.5) is 0 Å². The number of nitrogens with zero attached hydrogens (tertiary/aromatic N) is 1. The molecular formula is C27H33BrClNO4S. The molecule has 0 N–H and O–H groups in total. The highest BCUT2D eigenvalue weighted by Gasteiger charge is 2.34. The Kier molecular flexibility index (Phi) is 10.8. The minimum absolute atomic E-state index is 0.281. The Balaban J connectivity index is 1.21. The van der Waals surface area contributed by atoms with Crippen molar-refractivity contribution in [1.82, 2.24) is 4.90 Å². The van der Waals surface area contributed by atoms with Crippen molar-refractivity contribution in [2.24, 2.45) is 11.8 Å². The first-order valence-corrected chi connectivity index (χ1v) is 14.5. The number of carbonyl (C=O) groups is 1. The summed E-state index contributed by atoms with van der Waals surface area (Å²) >= 11 is 11.9. The lowest BCUT2D eigenvalue weighted by molar-refractivity contribution is 0.0195. The first-order valence-electron chi connectivity index (χ1n) is 12.2. The molecule has 0 spiro atoms. The molecule has 1 heterocycles. The fraction of sp³-hybridized carbons (Fsp3) is 0.519. The number of ether oxygens (including phenoxy) is 3. The van der Waals surface area contributed by atoms with Crippen molar-refractivity contribution in [3.63, 3.8) is 0 Å². The highest BCUT2D eigenvalue weighted by Crippen LogP contribution is 2.40. The van der Waals surface area contributed by atoms with Crippen molar-refractivity contribution in [2.75, 3.05) is 51.8 Å². The largest absolute Gasteiger partial charge is 0.461 e. The van der Waals surface area contributed by atoms with Gasteiger partial charge in [-0.3, -0.25) is 4.90 Å². The van der Waals surface area contributed by atoms with Crippen molar-refractivity contribution >= 4 is 45.3 Å². The Labute approximate surface area is 226 Å². The normalized spacial score (nSPS) is 22.9. The van der Waals surface area contributed by atoms with Gasteiger partial charge in [0.25, 0.3) is 0 Å². The van der Waals surface area contributed by atoms with E-state index in [4.69, 9.17) is 25.8 Å². The summed E-state index contributed by atoms with van der Waals surface area (Å²) in [5, 5.41) is 0.778. The predicted octanol–water partition coefficient (Wildman–Crippen LogP) is 5.93. The molecule has 2 aromatic rings. The number of carbonyl (C=O) groups excluding carboxylic acids is 1. The van der Waals surface area contributed by atoms with E-state index in [1.165, 1.54) is 11.3 Å². The minimum atomic E-state index is -0.281. The van der Waals surface area contributed by atoms with Crippen LogP contribution in [0.5, 0.6) is 0 Å². The summed E-state index contributed by atoms with van der Waals surface area (Å²) in [7, 11) is 0. The second kappa shape index (κ2) is 14.0. The molecule has 8 heteroatoms. The van der Waals surface area contributed by atoms with Crippen molar-refractivity contribution in [2.45, 2.75) is 29.2 Å². The van der Waals surface area contributed by atoms with E-state index in [0.717, 1.165) is 62.2 Å². The second-order valence-electron chi connectivity index (χ2n) is 9.09. The number of hydrogen-bond acceptors (Lipinski definition) is 6. The van der Waals surface area contributed by atoms with E-state index in [1.54, 1.807) is 6.07 Å². The van der Waals surface area contributed by atoms with E-state index in [-0.39, 0.29) is 5.97 Å². The smallest absolute Gasteiger partial charge is 0.338 e. The molecule has 0 bridgehead atoms. The van der Waals surface area contributed by atoms with Crippen LogP contribution < -0.4 is 0 Å². The molecule has 1 aliphatic heterocycles. The van der Waals surface area contributed by atoms with Crippen LogP contribution in [-0.2, 0) is 20.8 Å². The Morgan fingerprint density at radius 3 is 2.80 bits per heavy atom. The lowest BCUT2D eigenvalue weighted by Gasteiger charge is -2.26. The molecule has 0 radical (unpaired) electrons. The molecule has 3 atom stereocenters. The molecule has 2 aliphatic rings. The van der Waals surface area contributed by atoms with Gasteiger partial charge in [0, 0.05) is 40.1 Å². The molecule has 190 valence electrons. The van der Waals surface area contributed by atoms with E-state index in [1.807, 2.05) is 48.2 Å². The van der Waals surface area contributed by atoms with Gasteiger partial charge in [0.2, 0.25) is 0 Å². The standard InChI is InChI=1S/C27H33BrClNO4S/c28-26-8-7-22(25(26)19-35-24-6-2-5-23(29)16-24)18-33-17-20-3-1-4-21(15-20)27(31)34-14-11-30-9-12-32-13-10-30/h1-6,15-16,22,25-26H,7-14,17-19H2/t22-,25-,26?/m1/s1. The lowest BCUT2D eigenvalue weighted by atomic mass is 9.99. The summed E-state index contributed by atoms with van der Waals surface area (Å²) in [6.07, 6.45) is 2.33. The third-order valence-electron chi connectivity index (χ3n) is 6.63. The van der Waals surface area contributed by atoms with Gasteiger partial charge >= 0.3 is 5.97 Å². The van der Waals surface area contributed by atoms with E-state index in [2.05, 4.69) is 26.9 Å². The van der Waals surface area contributed by atoms with Gasteiger partial charge in [-0.25, -0.2) is 4.79 Å². The summed E-state index contributed by atoms with van der Waals surface area (Å²) in [6.45, 7) is 5.61. The maximum absolute atomic E-state index is 12.5. The first-order chi connectivity index (χ1) is 17.1. The highest BCUT2D eigenvalue weighted by molar-refractivity contribution is 9.09. The molecule has 0 amide bonds. The number of morpholine rings is 1. The lowest BCUT2D eigenvalue weighted by Crippen LogP contribution is -2.38. The van der Waals surface area contributed by atoms with Crippen LogP contribution in [0.3, 0.4) is 0 Å². The van der Waals surface area contributed by atoms with Gasteiger partial charge in [-0.15, -0.1) is 11.8 Å². The SMILES string of the molecule is O=C(OCCN1CCOCC1)c1cccc(COC[C@H]2CCC(Br)[C@@H]2CSc2cccc(Cl)c2)c1. The molecular weight excluding hydrogens is 550 g/mol. The van der Waals surface area contributed by atoms with Crippen molar-refractivity contribution < 1.29 is 19.0 Å². The molecule has 2 fully saturated rings. The quantitative estimate of drug-likeness (QED) is 0.186. The average Bonchev–Trinajstić information content (AvgIpc) is 3.22. The predicted molar refractivity (Wildman–Crippen MR) is 145 cm³/mol. The first kappa shape index (κ1) is 27.0. The van der Waals surface area contributed by atoms with Crippen molar-refractivity contribution in [3.05, 3.63) is 64.7 Å². The summed E-state index contributed by atoms with van der Waals surface area (Å²) < 4.78 is 17.0. The summed E-state index contributed by atoms with van der Waals surface area (Å²) in [5.74, 6) is 1.82. The summed E-state index contributed by atoms with van der Waals surface area (Å²) in [5.41, 5.74) is 1.57. The zero-order valence-electron chi connectivity index (χ0n) is 19.9. The Morgan fingerprint density at radius 1 is 1.14 bits per heavy atom. The van der Waals surface area contributed by atoms with Gasteiger partial charge in [0.05, 0.1) is 32.0 Å². The van der Waals surface area contributed by atoms with E-state index < -0.39 is 0 Å². The summed E-state index contributed by atoms with van der Waals surface area (Å²) in [4.78, 5) is 16.5. The van der Waals surface area contributed by atoms with Gasteiger partial charge in [-0.2, -0.15) is 0 Å². The highest BCUT2D eigenvalue weighted by atomic mass is 79.9. The molecule has 1 aliphatic carbocycles. The zero-order valence-corrected chi connectivity index (χ0v) is 23.0. The fourth-order valence-electron chi connectivity index (χ4n) is 4.59. The average molecular weight is 583 g/mol. The van der Waals surface area contributed by atoms with Crippen LogP contribution in [0, 0.1) is 11.8 Å². The molecule has 4 rings (SSSR count). The third kappa shape index (κ3) is 8.48. The number of esters is 1. The summed E-state index contributed by atoms with van der Waals surface area (Å²) in [6, 6.07) is 15.6. The fourth-order valence-corrected chi connectivity index (χ4v) is 7.24. The number of thioether (sulfide) groups is 1. The Morgan fingerprint density at radius 2 is 1.97 bits per heavy atom. The maximum atomic E-state index is 12.5.